The third-order valence-corrected chi connectivity index (χ3v) is 2.95. The van der Waals surface area contributed by atoms with Crippen molar-refractivity contribution in [3.05, 3.63) is 17.3 Å². The number of hydrogen-bond donors (Lipinski definition) is 1. The van der Waals surface area contributed by atoms with Crippen LogP contribution in [0.15, 0.2) is 12.3 Å². The highest BCUT2D eigenvalue weighted by Crippen LogP contribution is 2.27. The van der Waals surface area contributed by atoms with Crippen molar-refractivity contribution in [2.75, 3.05) is 13.7 Å². The average Bonchev–Trinajstić information content (AvgIpc) is 2.60. The molecule has 0 aliphatic rings. The number of thiazole rings is 1. The zero-order valence-electron chi connectivity index (χ0n) is 7.86. The van der Waals surface area contributed by atoms with E-state index in [0.717, 1.165) is 21.6 Å². The predicted molar refractivity (Wildman–Crippen MR) is 56.7 cm³/mol. The van der Waals surface area contributed by atoms with Gasteiger partial charge in [0.05, 0.1) is 16.8 Å². The van der Waals surface area contributed by atoms with Gasteiger partial charge in [-0.05, 0) is 12.6 Å². The Balaban J connectivity index is 2.52. The van der Waals surface area contributed by atoms with Crippen molar-refractivity contribution in [2.24, 2.45) is 5.73 Å². The van der Waals surface area contributed by atoms with Gasteiger partial charge in [0.1, 0.15) is 5.52 Å². The number of aromatic nitrogens is 2. The number of nitrogens with two attached hydrogens (primary N) is 1. The topological polar surface area (TPSA) is 61.0 Å². The molecule has 0 radical (unpaired) electrons. The highest BCUT2D eigenvalue weighted by Gasteiger charge is 2.08. The molecule has 0 aliphatic heterocycles. The van der Waals surface area contributed by atoms with E-state index in [4.69, 9.17) is 10.5 Å². The van der Waals surface area contributed by atoms with Crippen molar-refractivity contribution in [2.45, 2.75) is 6.42 Å². The fraction of sp³-hybridized carbons (Fsp3) is 0.333. The molecule has 0 saturated heterocycles. The van der Waals surface area contributed by atoms with Crippen molar-refractivity contribution >= 4 is 21.6 Å². The molecule has 2 rings (SSSR count). The second-order valence-corrected chi connectivity index (χ2v) is 3.93. The smallest absolute Gasteiger partial charge is 0.241 e. The zero-order valence-corrected chi connectivity index (χ0v) is 8.67. The molecule has 2 heterocycles. The first-order valence-corrected chi connectivity index (χ1v) is 5.15. The molecule has 0 saturated carbocycles. The van der Waals surface area contributed by atoms with E-state index >= 15 is 0 Å². The maximum atomic E-state index is 5.47. The lowest BCUT2D eigenvalue weighted by atomic mass is 10.4. The Morgan fingerprint density at radius 3 is 3.14 bits per heavy atom. The van der Waals surface area contributed by atoms with Gasteiger partial charge >= 0.3 is 0 Å². The molecule has 0 unspecified atom stereocenters. The zero-order chi connectivity index (χ0) is 9.97. The minimum Gasteiger partial charge on any atom is -0.479 e. The van der Waals surface area contributed by atoms with Crippen LogP contribution in [0.2, 0.25) is 0 Å². The third kappa shape index (κ3) is 1.56. The summed E-state index contributed by atoms with van der Waals surface area (Å²) in [4.78, 5) is 8.51. The molecule has 2 aromatic rings. The lowest BCUT2D eigenvalue weighted by Gasteiger charge is -1.96. The minimum absolute atomic E-state index is 0.585. The van der Waals surface area contributed by atoms with Crippen molar-refractivity contribution in [3.63, 3.8) is 0 Å². The molecule has 0 bridgehead atoms. The molecule has 2 aromatic heterocycles. The van der Waals surface area contributed by atoms with E-state index in [9.17, 15) is 0 Å². The number of hydrogen-bond acceptors (Lipinski definition) is 5. The summed E-state index contributed by atoms with van der Waals surface area (Å²) >= 11 is 1.64. The van der Waals surface area contributed by atoms with E-state index in [0.29, 0.717) is 12.4 Å². The number of ether oxygens (including phenoxy) is 1. The largest absolute Gasteiger partial charge is 0.479 e. The molecular weight excluding hydrogens is 198 g/mol. The number of fused-ring (bicyclic) bond motifs is 1. The molecule has 4 nitrogen and oxygen atoms in total. The number of pyridine rings is 1. The van der Waals surface area contributed by atoms with Crippen LogP contribution < -0.4 is 10.5 Å². The third-order valence-electron chi connectivity index (χ3n) is 1.87. The first kappa shape index (κ1) is 9.36. The van der Waals surface area contributed by atoms with Gasteiger partial charge in [0.15, 0.2) is 0 Å². The lowest BCUT2D eigenvalue weighted by Crippen LogP contribution is -2.01. The summed E-state index contributed by atoms with van der Waals surface area (Å²) in [5.41, 5.74) is 6.31. The van der Waals surface area contributed by atoms with E-state index in [1.165, 1.54) is 0 Å². The van der Waals surface area contributed by atoms with E-state index < -0.39 is 0 Å². The molecule has 0 fully saturated rings. The summed E-state index contributed by atoms with van der Waals surface area (Å²) in [5, 5.41) is 1.04. The number of nitrogens with zero attached hydrogens (tertiary/aromatic N) is 2. The minimum atomic E-state index is 0.585. The maximum absolute atomic E-state index is 5.47. The van der Waals surface area contributed by atoms with Gasteiger partial charge in [0.25, 0.3) is 0 Å². The van der Waals surface area contributed by atoms with Gasteiger partial charge in [-0.15, -0.1) is 11.3 Å². The first-order valence-electron chi connectivity index (χ1n) is 4.33. The predicted octanol–water partition coefficient (Wildman–Crippen LogP) is 1.20. The van der Waals surface area contributed by atoms with Gasteiger partial charge in [0, 0.05) is 12.6 Å². The summed E-state index contributed by atoms with van der Waals surface area (Å²) in [6, 6.07) is 1.94. The Labute approximate surface area is 85.7 Å². The van der Waals surface area contributed by atoms with Gasteiger partial charge in [-0.3, -0.25) is 0 Å². The molecule has 0 amide bonds. The van der Waals surface area contributed by atoms with Crippen LogP contribution in [0.5, 0.6) is 5.88 Å². The summed E-state index contributed by atoms with van der Waals surface area (Å²) in [7, 11) is 1.60. The summed E-state index contributed by atoms with van der Waals surface area (Å²) in [6.07, 6.45) is 2.54. The summed E-state index contributed by atoms with van der Waals surface area (Å²) in [5.74, 6) is 0.585. The van der Waals surface area contributed by atoms with E-state index in [2.05, 4.69) is 9.97 Å². The van der Waals surface area contributed by atoms with Crippen LogP contribution in [0.4, 0.5) is 0 Å². The number of methoxy groups -OCH3 is 1. The molecule has 2 N–H and O–H groups in total. The average molecular weight is 209 g/mol. The number of rotatable bonds is 3. The Hall–Kier alpha value is -1.20. The van der Waals surface area contributed by atoms with Crippen LogP contribution in [0.25, 0.3) is 10.2 Å². The second kappa shape index (κ2) is 3.89. The molecule has 0 aromatic carbocycles. The van der Waals surface area contributed by atoms with Crippen molar-refractivity contribution in [1.82, 2.24) is 9.97 Å². The molecule has 74 valence electrons. The fourth-order valence-corrected chi connectivity index (χ4v) is 2.23. The van der Waals surface area contributed by atoms with Crippen LogP contribution in [-0.4, -0.2) is 23.6 Å². The van der Waals surface area contributed by atoms with Gasteiger partial charge in [-0.25, -0.2) is 9.97 Å². The van der Waals surface area contributed by atoms with Gasteiger partial charge < -0.3 is 10.5 Å². The Morgan fingerprint density at radius 1 is 1.57 bits per heavy atom. The quantitative estimate of drug-likeness (QED) is 0.825. The molecule has 14 heavy (non-hydrogen) atoms. The van der Waals surface area contributed by atoms with E-state index in [-0.39, 0.29) is 0 Å². The highest BCUT2D eigenvalue weighted by molar-refractivity contribution is 7.18. The van der Waals surface area contributed by atoms with E-state index in [1.54, 1.807) is 24.6 Å². The Morgan fingerprint density at radius 2 is 2.43 bits per heavy atom. The molecule has 5 heteroatoms. The van der Waals surface area contributed by atoms with Crippen molar-refractivity contribution in [3.8, 4) is 5.88 Å². The maximum Gasteiger partial charge on any atom is 0.241 e. The Bertz CT molecular complexity index is 441. The lowest BCUT2D eigenvalue weighted by molar-refractivity contribution is 0.402. The van der Waals surface area contributed by atoms with Crippen LogP contribution >= 0.6 is 11.3 Å². The second-order valence-electron chi connectivity index (χ2n) is 2.81. The van der Waals surface area contributed by atoms with Crippen LogP contribution in [0, 0.1) is 0 Å². The van der Waals surface area contributed by atoms with Crippen LogP contribution in [0.3, 0.4) is 0 Å². The normalized spacial score (nSPS) is 10.7. The first-order chi connectivity index (χ1) is 6.85. The van der Waals surface area contributed by atoms with Crippen LogP contribution in [0.1, 0.15) is 5.01 Å². The van der Waals surface area contributed by atoms with Crippen molar-refractivity contribution < 1.29 is 4.74 Å². The molecule has 0 aliphatic carbocycles. The van der Waals surface area contributed by atoms with Gasteiger partial charge in [-0.1, -0.05) is 0 Å². The summed E-state index contributed by atoms with van der Waals surface area (Å²) in [6.45, 7) is 0.621. The highest BCUT2D eigenvalue weighted by atomic mass is 32.1. The SMILES string of the molecule is COc1nccc2sc(CCN)nc12. The van der Waals surface area contributed by atoms with Crippen LogP contribution in [-0.2, 0) is 6.42 Å². The van der Waals surface area contributed by atoms with Crippen molar-refractivity contribution in [1.29, 1.82) is 0 Å². The fourth-order valence-electron chi connectivity index (χ4n) is 1.26. The Kier molecular flexibility index (Phi) is 2.60. The standard InChI is InChI=1S/C9H11N3OS/c1-13-9-8-6(3-5-11-9)14-7(12-8)2-4-10/h3,5H,2,4,10H2,1H3. The molecule has 0 spiro atoms. The van der Waals surface area contributed by atoms with Gasteiger partial charge in [-0.2, -0.15) is 0 Å². The monoisotopic (exact) mass is 209 g/mol. The van der Waals surface area contributed by atoms with Gasteiger partial charge in [0.2, 0.25) is 5.88 Å². The summed E-state index contributed by atoms with van der Waals surface area (Å²) < 4.78 is 6.22. The van der Waals surface area contributed by atoms with E-state index in [1.807, 2.05) is 6.07 Å². The molecular formula is C9H11N3OS. The molecule has 0 atom stereocenters.